The molecule has 20 heavy (non-hydrogen) atoms. The van der Waals surface area contributed by atoms with Crippen LogP contribution in [0.4, 0.5) is 0 Å². The molecule has 0 aromatic carbocycles. The smallest absolute Gasteiger partial charge is 0.303 e. The standard InChI is InChI=1S/C14H16ClNO3S/c15-12-5-3-11(20-12)4-6-13(17)16-7-1-2-10(9-16)8-14(18)19/h3-6,10H,1-2,7-9H2,(H,18,19). The summed E-state index contributed by atoms with van der Waals surface area (Å²) >= 11 is 7.24. The van der Waals surface area contributed by atoms with Gasteiger partial charge in [0.05, 0.1) is 4.34 Å². The molecule has 1 atom stereocenters. The van der Waals surface area contributed by atoms with Gasteiger partial charge >= 0.3 is 5.97 Å². The lowest BCUT2D eigenvalue weighted by molar-refractivity contribution is -0.139. The van der Waals surface area contributed by atoms with Crippen molar-refractivity contribution in [2.75, 3.05) is 13.1 Å². The van der Waals surface area contributed by atoms with Crippen LogP contribution in [-0.2, 0) is 9.59 Å². The van der Waals surface area contributed by atoms with Crippen molar-refractivity contribution in [1.82, 2.24) is 4.90 Å². The van der Waals surface area contributed by atoms with Crippen LogP contribution in [0.3, 0.4) is 0 Å². The third-order valence-electron chi connectivity index (χ3n) is 3.28. The average Bonchev–Trinajstić information content (AvgIpc) is 2.81. The first-order chi connectivity index (χ1) is 9.54. The predicted molar refractivity (Wildman–Crippen MR) is 79.9 cm³/mol. The van der Waals surface area contributed by atoms with Crippen LogP contribution in [-0.4, -0.2) is 35.0 Å². The van der Waals surface area contributed by atoms with Crippen molar-refractivity contribution in [3.05, 3.63) is 27.4 Å². The molecule has 2 rings (SSSR count). The molecule has 0 aliphatic carbocycles. The van der Waals surface area contributed by atoms with Gasteiger partial charge in [-0.25, -0.2) is 0 Å². The van der Waals surface area contributed by atoms with E-state index in [0.717, 1.165) is 17.7 Å². The van der Waals surface area contributed by atoms with E-state index in [9.17, 15) is 9.59 Å². The Balaban J connectivity index is 1.91. The van der Waals surface area contributed by atoms with E-state index >= 15 is 0 Å². The van der Waals surface area contributed by atoms with Gasteiger partial charge in [-0.05, 0) is 37.0 Å². The summed E-state index contributed by atoms with van der Waals surface area (Å²) < 4.78 is 0.691. The summed E-state index contributed by atoms with van der Waals surface area (Å²) in [5, 5.41) is 8.82. The molecule has 0 spiro atoms. The maximum Gasteiger partial charge on any atom is 0.303 e. The van der Waals surface area contributed by atoms with Crippen LogP contribution in [0.25, 0.3) is 6.08 Å². The van der Waals surface area contributed by atoms with E-state index in [0.29, 0.717) is 17.4 Å². The average molecular weight is 314 g/mol. The van der Waals surface area contributed by atoms with Crippen LogP contribution in [0.2, 0.25) is 4.34 Å². The molecule has 0 radical (unpaired) electrons. The van der Waals surface area contributed by atoms with Crippen LogP contribution in [0, 0.1) is 5.92 Å². The van der Waals surface area contributed by atoms with Crippen molar-refractivity contribution in [2.24, 2.45) is 5.92 Å². The number of carboxylic acids is 1. The zero-order chi connectivity index (χ0) is 14.5. The molecule has 0 bridgehead atoms. The van der Waals surface area contributed by atoms with Gasteiger partial charge in [-0.1, -0.05) is 11.6 Å². The molecule has 1 fully saturated rings. The Kier molecular flexibility index (Phi) is 5.20. The highest BCUT2D eigenvalue weighted by molar-refractivity contribution is 7.17. The minimum Gasteiger partial charge on any atom is -0.481 e. The molecule has 4 nitrogen and oxygen atoms in total. The summed E-state index contributed by atoms with van der Waals surface area (Å²) in [6, 6.07) is 3.65. The highest BCUT2D eigenvalue weighted by atomic mass is 35.5. The van der Waals surface area contributed by atoms with Crippen LogP contribution < -0.4 is 0 Å². The van der Waals surface area contributed by atoms with E-state index in [1.807, 2.05) is 6.07 Å². The maximum absolute atomic E-state index is 12.1. The number of likely N-dealkylation sites (tertiary alicyclic amines) is 1. The Morgan fingerprint density at radius 1 is 1.50 bits per heavy atom. The van der Waals surface area contributed by atoms with E-state index in [1.165, 1.54) is 17.4 Å². The number of rotatable bonds is 4. The number of carbonyl (C=O) groups is 2. The SMILES string of the molecule is O=C(O)CC1CCCN(C(=O)C=Cc2ccc(Cl)s2)C1. The first-order valence-electron chi connectivity index (χ1n) is 6.48. The highest BCUT2D eigenvalue weighted by Crippen LogP contribution is 2.23. The molecule has 1 aromatic rings. The van der Waals surface area contributed by atoms with E-state index < -0.39 is 5.97 Å². The monoisotopic (exact) mass is 313 g/mol. The fraction of sp³-hybridized carbons (Fsp3) is 0.429. The fourth-order valence-electron chi connectivity index (χ4n) is 2.36. The Labute approximate surface area is 126 Å². The summed E-state index contributed by atoms with van der Waals surface area (Å²) in [6.07, 6.45) is 5.15. The topological polar surface area (TPSA) is 57.6 Å². The molecule has 1 N–H and O–H groups in total. The number of halogens is 1. The quantitative estimate of drug-likeness (QED) is 0.869. The van der Waals surface area contributed by atoms with E-state index in [-0.39, 0.29) is 18.2 Å². The van der Waals surface area contributed by atoms with Crippen LogP contribution in [0.1, 0.15) is 24.1 Å². The second kappa shape index (κ2) is 6.90. The lowest BCUT2D eigenvalue weighted by Gasteiger charge is -2.31. The fourth-order valence-corrected chi connectivity index (χ4v) is 3.32. The Morgan fingerprint density at radius 2 is 2.30 bits per heavy atom. The lowest BCUT2D eigenvalue weighted by Crippen LogP contribution is -2.39. The van der Waals surface area contributed by atoms with Crippen molar-refractivity contribution in [2.45, 2.75) is 19.3 Å². The number of hydrogen-bond acceptors (Lipinski definition) is 3. The Hall–Kier alpha value is -1.33. The number of carboxylic acid groups (broad SMARTS) is 1. The number of carbonyl (C=O) groups excluding carboxylic acids is 1. The third-order valence-corrected chi connectivity index (χ3v) is 4.47. The van der Waals surface area contributed by atoms with Gasteiger partial charge in [0.15, 0.2) is 0 Å². The zero-order valence-corrected chi connectivity index (χ0v) is 12.5. The predicted octanol–water partition coefficient (Wildman–Crippen LogP) is 3.13. The Bertz CT molecular complexity index is 526. The van der Waals surface area contributed by atoms with Crippen LogP contribution >= 0.6 is 22.9 Å². The first-order valence-corrected chi connectivity index (χ1v) is 7.68. The van der Waals surface area contributed by atoms with E-state index in [2.05, 4.69) is 0 Å². The molecule has 1 amide bonds. The van der Waals surface area contributed by atoms with Crippen LogP contribution in [0.15, 0.2) is 18.2 Å². The maximum atomic E-state index is 12.1. The van der Waals surface area contributed by atoms with Gasteiger partial charge < -0.3 is 10.0 Å². The zero-order valence-electron chi connectivity index (χ0n) is 10.9. The van der Waals surface area contributed by atoms with Crippen molar-refractivity contribution in [3.8, 4) is 0 Å². The van der Waals surface area contributed by atoms with Gasteiger partial charge in [0, 0.05) is 30.5 Å². The lowest BCUT2D eigenvalue weighted by atomic mass is 9.95. The first kappa shape index (κ1) is 15.1. The summed E-state index contributed by atoms with van der Waals surface area (Å²) in [6.45, 7) is 1.23. The second-order valence-electron chi connectivity index (χ2n) is 4.87. The molecule has 2 heterocycles. The van der Waals surface area contributed by atoms with Gasteiger partial charge in [0.1, 0.15) is 0 Å². The third kappa shape index (κ3) is 4.35. The van der Waals surface area contributed by atoms with Gasteiger partial charge in [0.25, 0.3) is 0 Å². The van der Waals surface area contributed by atoms with Gasteiger partial charge in [0.2, 0.25) is 5.91 Å². The van der Waals surface area contributed by atoms with Gasteiger partial charge in [-0.2, -0.15) is 0 Å². The molecule has 108 valence electrons. The number of piperidine rings is 1. The molecule has 1 aromatic heterocycles. The molecular formula is C14H16ClNO3S. The van der Waals surface area contributed by atoms with Crippen LogP contribution in [0.5, 0.6) is 0 Å². The number of thiophene rings is 1. The van der Waals surface area contributed by atoms with E-state index in [1.54, 1.807) is 17.0 Å². The molecule has 0 saturated carbocycles. The number of hydrogen-bond donors (Lipinski definition) is 1. The highest BCUT2D eigenvalue weighted by Gasteiger charge is 2.24. The van der Waals surface area contributed by atoms with Crippen molar-refractivity contribution < 1.29 is 14.7 Å². The number of aliphatic carboxylic acids is 1. The summed E-state index contributed by atoms with van der Waals surface area (Å²) in [7, 11) is 0. The molecule has 1 aliphatic heterocycles. The minimum absolute atomic E-state index is 0.0646. The van der Waals surface area contributed by atoms with Crippen molar-refractivity contribution in [1.29, 1.82) is 0 Å². The molecule has 6 heteroatoms. The molecule has 1 saturated heterocycles. The minimum atomic E-state index is -0.798. The van der Waals surface area contributed by atoms with Gasteiger partial charge in [-0.15, -0.1) is 11.3 Å². The molecular weight excluding hydrogens is 298 g/mol. The molecule has 1 aliphatic rings. The number of nitrogens with zero attached hydrogens (tertiary/aromatic N) is 1. The summed E-state index contributed by atoms with van der Waals surface area (Å²) in [4.78, 5) is 25.5. The summed E-state index contributed by atoms with van der Waals surface area (Å²) in [5.74, 6) is -0.799. The van der Waals surface area contributed by atoms with Crippen molar-refractivity contribution in [3.63, 3.8) is 0 Å². The molecule has 1 unspecified atom stereocenters. The van der Waals surface area contributed by atoms with Gasteiger partial charge in [-0.3, -0.25) is 9.59 Å². The summed E-state index contributed by atoms with van der Waals surface area (Å²) in [5.41, 5.74) is 0. The van der Waals surface area contributed by atoms with E-state index in [4.69, 9.17) is 16.7 Å². The number of amides is 1. The largest absolute Gasteiger partial charge is 0.481 e. The Morgan fingerprint density at radius 3 is 2.95 bits per heavy atom. The van der Waals surface area contributed by atoms with Crippen molar-refractivity contribution >= 4 is 40.9 Å². The second-order valence-corrected chi connectivity index (χ2v) is 6.61. The normalized spacial score (nSPS) is 19.4.